The zero-order valence-corrected chi connectivity index (χ0v) is 23.5. The van der Waals surface area contributed by atoms with Gasteiger partial charge in [-0.2, -0.15) is 0 Å². The Morgan fingerprint density at radius 2 is 1.09 bits per heavy atom. The minimum atomic E-state index is -0.125. The summed E-state index contributed by atoms with van der Waals surface area (Å²) < 4.78 is 6.20. The topological polar surface area (TPSA) is 61.6 Å². The molecule has 1 aromatic heterocycles. The zero-order chi connectivity index (χ0) is 28.6. The van der Waals surface area contributed by atoms with Gasteiger partial charge in [0.1, 0.15) is 29.5 Å². The van der Waals surface area contributed by atoms with Crippen molar-refractivity contribution < 1.29 is 4.42 Å². The van der Waals surface area contributed by atoms with Crippen molar-refractivity contribution in [1.82, 2.24) is 16.0 Å². The first-order valence-electron chi connectivity index (χ1n) is 14.6. The van der Waals surface area contributed by atoms with Crippen LogP contribution in [0.2, 0.25) is 0 Å². The van der Waals surface area contributed by atoms with Crippen molar-refractivity contribution in [2.75, 3.05) is 0 Å². The molecule has 2 unspecified atom stereocenters. The van der Waals surface area contributed by atoms with E-state index in [9.17, 15) is 0 Å². The van der Waals surface area contributed by atoms with Crippen molar-refractivity contribution in [3.8, 4) is 22.3 Å². The first-order chi connectivity index (χ1) is 21.3. The Morgan fingerprint density at radius 3 is 1.77 bits per heavy atom. The lowest BCUT2D eigenvalue weighted by Crippen LogP contribution is -2.51. The molecule has 1 fully saturated rings. The lowest BCUT2D eigenvalue weighted by molar-refractivity contribution is 0.313. The maximum atomic E-state index is 6.20. The fourth-order valence-electron chi connectivity index (χ4n) is 6.07. The predicted molar refractivity (Wildman–Crippen MR) is 174 cm³/mol. The van der Waals surface area contributed by atoms with Gasteiger partial charge < -0.3 is 15.1 Å². The number of furan rings is 1. The molecule has 5 heteroatoms. The summed E-state index contributed by atoms with van der Waals surface area (Å²) in [4.78, 5) is 4.66. The van der Waals surface area contributed by atoms with E-state index < -0.39 is 0 Å². The number of benzene rings is 5. The van der Waals surface area contributed by atoms with Crippen molar-refractivity contribution in [1.29, 1.82) is 0 Å². The SMILES string of the molecule is C1=NCc2oc3ccccc3c2C1=C1NC(c2ccccc2)NC(c2ccc(-c3ccc(-c4ccccc4)cc3)cc2)N1. The van der Waals surface area contributed by atoms with Crippen LogP contribution in [0, 0.1) is 0 Å². The van der Waals surface area contributed by atoms with E-state index >= 15 is 0 Å². The second-order valence-electron chi connectivity index (χ2n) is 11.0. The van der Waals surface area contributed by atoms with Gasteiger partial charge in [0.05, 0.1) is 6.54 Å². The van der Waals surface area contributed by atoms with Crippen molar-refractivity contribution >= 4 is 22.8 Å². The van der Waals surface area contributed by atoms with E-state index in [4.69, 9.17) is 4.42 Å². The Kier molecular flexibility index (Phi) is 6.35. The van der Waals surface area contributed by atoms with E-state index in [0.717, 1.165) is 44.8 Å². The standard InChI is InChI=1S/C38H30N4O/c1-3-9-25(10-4-1)26-15-17-27(18-16-26)28-19-21-30(22-20-28)37-40-36(29-11-5-2-6-12-29)41-38(42-37)32-23-39-24-34-35(32)31-13-7-8-14-33(31)43-34/h1-23,36-37,40-42H,24H2. The van der Waals surface area contributed by atoms with Gasteiger partial charge >= 0.3 is 0 Å². The van der Waals surface area contributed by atoms with Crippen LogP contribution < -0.4 is 16.0 Å². The number of rotatable bonds is 4. The first-order valence-corrected chi connectivity index (χ1v) is 14.6. The fraction of sp³-hybridized carbons (Fsp3) is 0.0789. The highest BCUT2D eigenvalue weighted by molar-refractivity contribution is 6.17. The smallest absolute Gasteiger partial charge is 0.135 e. The lowest BCUT2D eigenvalue weighted by atomic mass is 9.98. The minimum Gasteiger partial charge on any atom is -0.458 e. The molecule has 5 nitrogen and oxygen atoms in total. The predicted octanol–water partition coefficient (Wildman–Crippen LogP) is 8.20. The van der Waals surface area contributed by atoms with Crippen molar-refractivity contribution in [3.05, 3.63) is 162 Å². The maximum Gasteiger partial charge on any atom is 0.135 e. The Labute approximate surface area is 250 Å². The molecule has 2 aliphatic heterocycles. The Balaban J connectivity index is 1.14. The summed E-state index contributed by atoms with van der Waals surface area (Å²) in [5, 5.41) is 12.3. The molecule has 0 bridgehead atoms. The molecule has 0 aliphatic carbocycles. The van der Waals surface area contributed by atoms with E-state index in [-0.39, 0.29) is 12.3 Å². The summed E-state index contributed by atoms with van der Waals surface area (Å²) in [7, 11) is 0. The molecule has 2 aliphatic rings. The molecule has 2 atom stereocenters. The number of allylic oxidation sites excluding steroid dienone is 1. The third-order valence-electron chi connectivity index (χ3n) is 8.28. The summed E-state index contributed by atoms with van der Waals surface area (Å²) in [6.45, 7) is 0.540. The van der Waals surface area contributed by atoms with Gasteiger partial charge in [-0.05, 0) is 39.4 Å². The van der Waals surface area contributed by atoms with E-state index in [1.165, 1.54) is 22.3 Å². The van der Waals surface area contributed by atoms with Crippen LogP contribution >= 0.6 is 0 Å². The number of aliphatic imine (C=N–C) groups is 1. The molecule has 3 heterocycles. The second kappa shape index (κ2) is 10.8. The van der Waals surface area contributed by atoms with Gasteiger partial charge in [0.2, 0.25) is 0 Å². The Hall–Kier alpha value is -5.39. The minimum absolute atomic E-state index is 0.0999. The van der Waals surface area contributed by atoms with Crippen LogP contribution in [-0.2, 0) is 6.54 Å². The van der Waals surface area contributed by atoms with Gasteiger partial charge in [-0.3, -0.25) is 10.3 Å². The monoisotopic (exact) mass is 558 g/mol. The van der Waals surface area contributed by atoms with E-state index in [2.05, 4.69) is 130 Å². The van der Waals surface area contributed by atoms with Crippen LogP contribution in [-0.4, -0.2) is 6.21 Å². The average molecular weight is 559 g/mol. The third kappa shape index (κ3) is 4.80. The second-order valence-corrected chi connectivity index (χ2v) is 11.0. The highest BCUT2D eigenvalue weighted by atomic mass is 16.3. The normalized spacial score (nSPS) is 19.4. The lowest BCUT2D eigenvalue weighted by Gasteiger charge is -2.37. The molecule has 6 aromatic rings. The van der Waals surface area contributed by atoms with Crippen LogP contribution in [0.1, 0.15) is 34.8 Å². The van der Waals surface area contributed by atoms with E-state index in [0.29, 0.717) is 6.54 Å². The van der Waals surface area contributed by atoms with Crippen LogP contribution in [0.4, 0.5) is 0 Å². The van der Waals surface area contributed by atoms with Gasteiger partial charge in [-0.1, -0.05) is 127 Å². The quantitative estimate of drug-likeness (QED) is 0.204. The summed E-state index contributed by atoms with van der Waals surface area (Å²) in [5.41, 5.74) is 10.1. The Morgan fingerprint density at radius 1 is 0.558 bits per heavy atom. The van der Waals surface area contributed by atoms with Gasteiger partial charge in [0.15, 0.2) is 0 Å². The van der Waals surface area contributed by atoms with Gasteiger partial charge in [-0.15, -0.1) is 0 Å². The van der Waals surface area contributed by atoms with Crippen molar-refractivity contribution in [3.63, 3.8) is 0 Å². The average Bonchev–Trinajstić information content (AvgIpc) is 3.48. The van der Waals surface area contributed by atoms with Crippen molar-refractivity contribution in [2.24, 2.45) is 4.99 Å². The molecule has 0 saturated carbocycles. The molecule has 5 aromatic carbocycles. The van der Waals surface area contributed by atoms with Crippen LogP contribution in [0.5, 0.6) is 0 Å². The van der Waals surface area contributed by atoms with E-state index in [1.807, 2.05) is 30.5 Å². The number of para-hydroxylation sites is 1. The number of nitrogens with zero attached hydrogens (tertiary/aromatic N) is 1. The van der Waals surface area contributed by atoms with Gasteiger partial charge in [-0.25, -0.2) is 0 Å². The fourth-order valence-corrected chi connectivity index (χ4v) is 6.07. The van der Waals surface area contributed by atoms with Crippen LogP contribution in [0.25, 0.3) is 38.8 Å². The Bertz CT molecular complexity index is 1960. The van der Waals surface area contributed by atoms with Gasteiger partial charge in [0.25, 0.3) is 0 Å². The number of hydrogen-bond donors (Lipinski definition) is 3. The van der Waals surface area contributed by atoms with Crippen LogP contribution in [0.3, 0.4) is 0 Å². The van der Waals surface area contributed by atoms with Gasteiger partial charge in [0, 0.05) is 22.7 Å². The molecule has 208 valence electrons. The molecule has 3 N–H and O–H groups in total. The first kappa shape index (κ1) is 25.3. The third-order valence-corrected chi connectivity index (χ3v) is 8.28. The molecule has 8 rings (SSSR count). The number of nitrogens with one attached hydrogen (secondary N) is 3. The number of hydrogen-bond acceptors (Lipinski definition) is 5. The maximum absolute atomic E-state index is 6.20. The van der Waals surface area contributed by atoms with Crippen molar-refractivity contribution in [2.45, 2.75) is 18.9 Å². The highest BCUT2D eigenvalue weighted by Crippen LogP contribution is 2.36. The molecule has 0 amide bonds. The zero-order valence-electron chi connectivity index (χ0n) is 23.5. The summed E-state index contributed by atoms with van der Waals surface area (Å²) in [6, 6.07) is 46.8. The summed E-state index contributed by atoms with van der Waals surface area (Å²) >= 11 is 0. The molecule has 1 saturated heterocycles. The molecular weight excluding hydrogens is 528 g/mol. The molecule has 43 heavy (non-hydrogen) atoms. The summed E-state index contributed by atoms with van der Waals surface area (Å²) in [5.74, 6) is 1.82. The summed E-state index contributed by atoms with van der Waals surface area (Å²) in [6.07, 6.45) is 1.74. The van der Waals surface area contributed by atoms with Crippen LogP contribution in [0.15, 0.2) is 149 Å². The number of fused-ring (bicyclic) bond motifs is 3. The molecule has 0 spiro atoms. The van der Waals surface area contributed by atoms with E-state index in [1.54, 1.807) is 0 Å². The molecule has 0 radical (unpaired) electrons. The molecular formula is C38H30N4O. The highest BCUT2D eigenvalue weighted by Gasteiger charge is 2.30. The largest absolute Gasteiger partial charge is 0.458 e.